The monoisotopic (exact) mass is 402 g/mol. The van der Waals surface area contributed by atoms with Crippen LogP contribution in [0, 0.1) is 0 Å². The Labute approximate surface area is 163 Å². The van der Waals surface area contributed by atoms with Crippen LogP contribution in [0.3, 0.4) is 0 Å². The maximum Gasteiger partial charge on any atom is 0.323 e. The average molecular weight is 403 g/mol. The molecule has 3 aromatic rings. The summed E-state index contributed by atoms with van der Waals surface area (Å²) in [4.78, 5) is 33.1. The fourth-order valence-electron chi connectivity index (χ4n) is 3.18. The van der Waals surface area contributed by atoms with Crippen LogP contribution in [0.5, 0.6) is 0 Å². The summed E-state index contributed by atoms with van der Waals surface area (Å²) in [6.07, 6.45) is 2.98. The molecular weight excluding hydrogens is 388 g/mol. The molecule has 0 bridgehead atoms. The molecule has 2 N–H and O–H groups in total. The second-order valence-corrected chi connectivity index (χ2v) is 7.50. The number of hydrogen-bond acceptors (Lipinski definition) is 6. The van der Waals surface area contributed by atoms with E-state index in [4.69, 9.17) is 11.6 Å². The van der Waals surface area contributed by atoms with Gasteiger partial charge in [0.1, 0.15) is 12.2 Å². The summed E-state index contributed by atoms with van der Waals surface area (Å²) in [5, 5.41) is 15.4. The van der Waals surface area contributed by atoms with E-state index in [1.807, 2.05) is 12.1 Å². The molecule has 1 aromatic carbocycles. The van der Waals surface area contributed by atoms with Crippen LogP contribution in [0.15, 0.2) is 40.6 Å². The van der Waals surface area contributed by atoms with Gasteiger partial charge in [0.05, 0.1) is 11.7 Å². The smallest absolute Gasteiger partial charge is 0.323 e. The molecule has 1 atom stereocenters. The van der Waals surface area contributed by atoms with E-state index in [0.717, 1.165) is 16.6 Å². The van der Waals surface area contributed by atoms with E-state index in [1.165, 1.54) is 11.3 Å². The third-order valence-electron chi connectivity index (χ3n) is 4.42. The van der Waals surface area contributed by atoms with E-state index in [9.17, 15) is 14.7 Å². The van der Waals surface area contributed by atoms with Crippen LogP contribution in [0.25, 0.3) is 10.8 Å². The van der Waals surface area contributed by atoms with Gasteiger partial charge in [-0.05, 0) is 30.5 Å². The minimum Gasteiger partial charge on any atom is -0.480 e. The molecule has 4 rings (SSSR count). The number of aromatic nitrogens is 3. The molecule has 0 amide bonds. The van der Waals surface area contributed by atoms with Crippen molar-refractivity contribution in [2.24, 2.45) is 0 Å². The molecule has 0 fully saturated rings. The Morgan fingerprint density at radius 3 is 2.81 bits per heavy atom. The summed E-state index contributed by atoms with van der Waals surface area (Å²) in [6, 6.07) is 7.38. The van der Waals surface area contributed by atoms with Crippen LogP contribution < -0.4 is 10.9 Å². The highest BCUT2D eigenvalue weighted by molar-refractivity contribution is 7.13. The maximum absolute atomic E-state index is 13.0. The first-order valence-corrected chi connectivity index (χ1v) is 9.56. The van der Waals surface area contributed by atoms with Crippen molar-refractivity contribution in [1.82, 2.24) is 14.5 Å². The van der Waals surface area contributed by atoms with Crippen molar-refractivity contribution in [3.05, 3.63) is 62.5 Å². The fraction of sp³-hybridized carbons (Fsp3) is 0.222. The van der Waals surface area contributed by atoms with Crippen LogP contribution in [-0.4, -0.2) is 25.6 Å². The molecule has 0 unspecified atom stereocenters. The van der Waals surface area contributed by atoms with Gasteiger partial charge >= 0.3 is 5.97 Å². The number of nitrogens with one attached hydrogen (secondary N) is 1. The highest BCUT2D eigenvalue weighted by Crippen LogP contribution is 2.32. The van der Waals surface area contributed by atoms with Crippen molar-refractivity contribution in [1.29, 1.82) is 0 Å². The van der Waals surface area contributed by atoms with Crippen molar-refractivity contribution >= 4 is 34.6 Å². The molecule has 0 spiro atoms. The molecule has 0 aliphatic carbocycles. The number of carbonyl (C=O) groups is 1. The largest absolute Gasteiger partial charge is 0.480 e. The normalized spacial score (nSPS) is 15.8. The lowest BCUT2D eigenvalue weighted by Gasteiger charge is -2.27. The number of benzene rings is 1. The van der Waals surface area contributed by atoms with Gasteiger partial charge in [-0.15, -0.1) is 11.3 Å². The summed E-state index contributed by atoms with van der Waals surface area (Å²) < 4.78 is 1.16. The van der Waals surface area contributed by atoms with Crippen LogP contribution in [-0.2, 0) is 17.8 Å². The van der Waals surface area contributed by atoms with Crippen molar-refractivity contribution in [2.45, 2.75) is 25.4 Å². The number of anilines is 1. The average Bonchev–Trinajstić information content (AvgIpc) is 3.18. The Morgan fingerprint density at radius 1 is 1.37 bits per heavy atom. The number of fused-ring (bicyclic) bond motifs is 1. The number of carboxylic acid groups (broad SMARTS) is 1. The summed E-state index contributed by atoms with van der Waals surface area (Å²) in [6.45, 7) is -0.471. The molecule has 0 saturated carbocycles. The fourth-order valence-corrected chi connectivity index (χ4v) is 3.94. The number of aliphatic carboxylic acids is 1. The van der Waals surface area contributed by atoms with Crippen LogP contribution in [0.1, 0.15) is 23.7 Å². The van der Waals surface area contributed by atoms with E-state index in [0.29, 0.717) is 33.7 Å². The predicted octanol–water partition coefficient (Wildman–Crippen LogP) is 3.20. The molecule has 3 heterocycles. The van der Waals surface area contributed by atoms with Crippen LogP contribution >= 0.6 is 22.9 Å². The van der Waals surface area contributed by atoms with Gasteiger partial charge in [0.15, 0.2) is 10.8 Å². The molecular formula is C18H15ClN4O3S. The van der Waals surface area contributed by atoms with Crippen molar-refractivity contribution in [3.63, 3.8) is 0 Å². The van der Waals surface area contributed by atoms with Crippen molar-refractivity contribution in [3.8, 4) is 10.8 Å². The summed E-state index contributed by atoms with van der Waals surface area (Å²) in [5.41, 5.74) is 1.60. The topological polar surface area (TPSA) is 97.1 Å². The van der Waals surface area contributed by atoms with Gasteiger partial charge in [0, 0.05) is 16.6 Å². The number of halogens is 1. The number of hydrogen-bond donors (Lipinski definition) is 2. The van der Waals surface area contributed by atoms with E-state index in [-0.39, 0.29) is 6.04 Å². The maximum atomic E-state index is 13.0. The first kappa shape index (κ1) is 17.7. The van der Waals surface area contributed by atoms with Gasteiger partial charge in [-0.2, -0.15) is 0 Å². The Hall–Kier alpha value is -2.71. The number of aryl methyl sites for hydroxylation is 1. The molecule has 1 aliphatic rings. The number of thiazole rings is 1. The lowest BCUT2D eigenvalue weighted by atomic mass is 9.96. The van der Waals surface area contributed by atoms with Gasteiger partial charge in [-0.1, -0.05) is 23.7 Å². The van der Waals surface area contributed by atoms with Crippen LogP contribution in [0.2, 0.25) is 5.02 Å². The molecule has 2 aromatic heterocycles. The van der Waals surface area contributed by atoms with E-state index < -0.39 is 18.1 Å². The van der Waals surface area contributed by atoms with E-state index in [2.05, 4.69) is 15.3 Å². The number of rotatable bonds is 4. The Balaban J connectivity index is 1.78. The summed E-state index contributed by atoms with van der Waals surface area (Å²) in [7, 11) is 0. The molecule has 1 aliphatic heterocycles. The third kappa shape index (κ3) is 3.45. The molecule has 138 valence electrons. The molecule has 0 radical (unpaired) electrons. The number of carboxylic acids is 1. The highest BCUT2D eigenvalue weighted by Gasteiger charge is 2.26. The predicted molar refractivity (Wildman–Crippen MR) is 103 cm³/mol. The Morgan fingerprint density at radius 2 is 2.15 bits per heavy atom. The zero-order valence-electron chi connectivity index (χ0n) is 14.1. The standard InChI is InChI=1S/C18H15ClN4O3S/c19-11-3-1-10(2-4-11)12-5-6-13-15(21-12)18(26)23(9-14(24)25)16(22-13)17-20-7-8-27-17/h1-4,7-8,12,21H,5-6,9H2,(H,24,25)/t12-/m0/s1. The van der Waals surface area contributed by atoms with Gasteiger partial charge in [0.2, 0.25) is 0 Å². The molecule has 7 nitrogen and oxygen atoms in total. The second-order valence-electron chi connectivity index (χ2n) is 6.17. The lowest BCUT2D eigenvalue weighted by Crippen LogP contribution is -2.33. The minimum atomic E-state index is -1.11. The van der Waals surface area contributed by atoms with Gasteiger partial charge in [-0.3, -0.25) is 14.2 Å². The van der Waals surface area contributed by atoms with Gasteiger partial charge in [-0.25, -0.2) is 9.97 Å². The lowest BCUT2D eigenvalue weighted by molar-refractivity contribution is -0.137. The molecule has 27 heavy (non-hydrogen) atoms. The molecule has 0 saturated heterocycles. The van der Waals surface area contributed by atoms with Gasteiger partial charge < -0.3 is 10.4 Å². The van der Waals surface area contributed by atoms with E-state index in [1.54, 1.807) is 23.7 Å². The number of nitrogens with zero attached hydrogens (tertiary/aromatic N) is 3. The molecule has 9 heteroatoms. The summed E-state index contributed by atoms with van der Waals surface area (Å²) >= 11 is 7.26. The highest BCUT2D eigenvalue weighted by atomic mass is 35.5. The van der Waals surface area contributed by atoms with Crippen molar-refractivity contribution in [2.75, 3.05) is 5.32 Å². The van der Waals surface area contributed by atoms with E-state index >= 15 is 0 Å². The zero-order valence-corrected chi connectivity index (χ0v) is 15.6. The quantitative estimate of drug-likeness (QED) is 0.695. The Bertz CT molecular complexity index is 1050. The SMILES string of the molecule is O=C(O)Cn1c(-c2nccs2)nc2c(c1=O)N[C@H](c1ccc(Cl)cc1)CC2. The zero-order chi connectivity index (χ0) is 19.0. The summed E-state index contributed by atoms with van der Waals surface area (Å²) in [5.74, 6) is -0.815. The van der Waals surface area contributed by atoms with Gasteiger partial charge in [0.25, 0.3) is 5.56 Å². The third-order valence-corrected chi connectivity index (χ3v) is 5.44. The Kier molecular flexibility index (Phi) is 4.67. The first-order chi connectivity index (χ1) is 13.0. The first-order valence-electron chi connectivity index (χ1n) is 8.30. The second kappa shape index (κ2) is 7.13. The van der Waals surface area contributed by atoms with Crippen LogP contribution in [0.4, 0.5) is 5.69 Å². The van der Waals surface area contributed by atoms with Crippen molar-refractivity contribution < 1.29 is 9.90 Å². The minimum absolute atomic E-state index is 0.0618.